The molecule has 3 rings (SSSR count). The topological polar surface area (TPSA) is 54.2 Å². The highest BCUT2D eigenvalue weighted by Gasteiger charge is 2.39. The molecule has 1 aliphatic heterocycles. The zero-order valence-electron chi connectivity index (χ0n) is 16.2. The molecule has 2 aromatic carbocycles. The van der Waals surface area contributed by atoms with Crippen LogP contribution in [-0.2, 0) is 4.79 Å². The van der Waals surface area contributed by atoms with Gasteiger partial charge in [0.15, 0.2) is 0 Å². The number of hydrogen-bond acceptors (Lipinski definition) is 3. The molecule has 1 unspecified atom stereocenters. The molecule has 1 atom stereocenters. The zero-order valence-corrected chi connectivity index (χ0v) is 16.9. The Labute approximate surface area is 170 Å². The number of hydrogen-bond donors (Lipinski definition) is 1. The number of benzene rings is 2. The van der Waals surface area contributed by atoms with Gasteiger partial charge in [0.1, 0.15) is 0 Å². The second kappa shape index (κ2) is 9.13. The third-order valence-electron chi connectivity index (χ3n) is 5.16. The van der Waals surface area contributed by atoms with Crippen molar-refractivity contribution in [1.29, 1.82) is 0 Å². The summed E-state index contributed by atoms with van der Waals surface area (Å²) < 4.78 is 0. The molecule has 2 aromatic rings. The molecule has 1 aliphatic rings. The Kier molecular flexibility index (Phi) is 6.60. The molecular formula is C22H25ClN3O2+. The van der Waals surface area contributed by atoms with E-state index in [9.17, 15) is 9.59 Å². The van der Waals surface area contributed by atoms with Gasteiger partial charge < -0.3 is 4.90 Å². The molecule has 0 fully saturated rings. The fraction of sp³-hybridized carbons (Fsp3) is 0.318. The highest BCUT2D eigenvalue weighted by atomic mass is 35.5. The Morgan fingerprint density at radius 3 is 2.46 bits per heavy atom. The second-order valence-electron chi connectivity index (χ2n) is 6.76. The monoisotopic (exact) mass is 398 g/mol. The van der Waals surface area contributed by atoms with E-state index in [1.54, 1.807) is 42.6 Å². The van der Waals surface area contributed by atoms with E-state index in [0.717, 1.165) is 19.6 Å². The molecule has 0 aromatic heterocycles. The summed E-state index contributed by atoms with van der Waals surface area (Å²) in [7, 11) is 0. The molecule has 0 radical (unpaired) electrons. The molecule has 0 saturated heterocycles. The van der Waals surface area contributed by atoms with Gasteiger partial charge in [-0.1, -0.05) is 41.9 Å². The minimum absolute atomic E-state index is 0.323. The number of aliphatic imine (C=N–C) groups is 1. The van der Waals surface area contributed by atoms with Crippen LogP contribution in [0.25, 0.3) is 0 Å². The van der Waals surface area contributed by atoms with Crippen LogP contribution in [0.5, 0.6) is 0 Å². The SMILES string of the molecule is CC[NH+](CC)CCN=CC1C(=O)N(c2ccccc2Cl)C(=O)c2ccccc21. The lowest BCUT2D eigenvalue weighted by molar-refractivity contribution is -0.894. The number of rotatable bonds is 7. The highest BCUT2D eigenvalue weighted by molar-refractivity contribution is 6.37. The normalized spacial score (nSPS) is 16.9. The van der Waals surface area contributed by atoms with Crippen LogP contribution in [0.2, 0.25) is 5.02 Å². The lowest BCUT2D eigenvalue weighted by Gasteiger charge is -2.31. The molecule has 146 valence electrons. The van der Waals surface area contributed by atoms with Crippen LogP contribution in [0.3, 0.4) is 0 Å². The lowest BCUT2D eigenvalue weighted by Crippen LogP contribution is -3.11. The fourth-order valence-corrected chi connectivity index (χ4v) is 3.69. The Morgan fingerprint density at radius 2 is 1.75 bits per heavy atom. The van der Waals surface area contributed by atoms with Crippen LogP contribution in [-0.4, -0.2) is 44.2 Å². The number of carbonyl (C=O) groups is 2. The molecule has 6 heteroatoms. The molecule has 0 spiro atoms. The predicted octanol–water partition coefficient (Wildman–Crippen LogP) is 2.61. The van der Waals surface area contributed by atoms with Crippen molar-refractivity contribution >= 4 is 35.3 Å². The summed E-state index contributed by atoms with van der Waals surface area (Å²) in [5, 5.41) is 0.365. The van der Waals surface area contributed by atoms with Gasteiger partial charge in [0.25, 0.3) is 5.91 Å². The third-order valence-corrected chi connectivity index (χ3v) is 5.48. The van der Waals surface area contributed by atoms with Gasteiger partial charge in [0, 0.05) is 11.8 Å². The van der Waals surface area contributed by atoms with Crippen molar-refractivity contribution in [2.75, 3.05) is 31.1 Å². The molecule has 1 heterocycles. The van der Waals surface area contributed by atoms with Gasteiger partial charge in [-0.3, -0.25) is 14.6 Å². The number of imide groups is 1. The quantitative estimate of drug-likeness (QED) is 0.575. The first-order valence-electron chi connectivity index (χ1n) is 9.63. The second-order valence-corrected chi connectivity index (χ2v) is 7.16. The van der Waals surface area contributed by atoms with Crippen LogP contribution in [0, 0.1) is 0 Å². The number of anilines is 1. The molecule has 0 saturated carbocycles. The van der Waals surface area contributed by atoms with Crippen LogP contribution in [0.1, 0.15) is 35.7 Å². The molecule has 5 nitrogen and oxygen atoms in total. The van der Waals surface area contributed by atoms with E-state index >= 15 is 0 Å². The van der Waals surface area contributed by atoms with Gasteiger partial charge in [0.2, 0.25) is 5.91 Å². The van der Waals surface area contributed by atoms with Crippen LogP contribution in [0.15, 0.2) is 53.5 Å². The van der Waals surface area contributed by atoms with Gasteiger partial charge in [0.05, 0.1) is 42.8 Å². The van der Waals surface area contributed by atoms with Crippen molar-refractivity contribution in [2.45, 2.75) is 19.8 Å². The Bertz CT molecular complexity index is 893. The fourth-order valence-electron chi connectivity index (χ4n) is 3.47. The smallest absolute Gasteiger partial charge is 0.265 e. The molecule has 1 N–H and O–H groups in total. The van der Waals surface area contributed by atoms with E-state index in [1.165, 1.54) is 9.80 Å². The zero-order chi connectivity index (χ0) is 20.1. The number of likely N-dealkylation sites (N-methyl/N-ethyl adjacent to an activating group) is 1. The number of fused-ring (bicyclic) bond motifs is 1. The number of amides is 2. The van der Waals surface area contributed by atoms with Crippen molar-refractivity contribution in [3.8, 4) is 0 Å². The summed E-state index contributed by atoms with van der Waals surface area (Å²) in [6.45, 7) is 7.95. The maximum Gasteiger partial charge on any atom is 0.265 e. The number of quaternary nitrogens is 1. The number of halogens is 1. The maximum absolute atomic E-state index is 13.2. The minimum Gasteiger partial charge on any atom is -0.334 e. The highest BCUT2D eigenvalue weighted by Crippen LogP contribution is 2.35. The standard InChI is InChI=1S/C22H24ClN3O2/c1-3-25(4-2)14-13-24-15-18-16-9-5-6-10-17(16)21(27)26(22(18)28)20-12-8-7-11-19(20)23/h5-12,15,18H,3-4,13-14H2,1-2H3/p+1. The summed E-state index contributed by atoms with van der Waals surface area (Å²) in [6.07, 6.45) is 1.68. The number of carbonyl (C=O) groups excluding carboxylic acids is 2. The van der Waals surface area contributed by atoms with Crippen LogP contribution < -0.4 is 9.80 Å². The number of nitrogens with one attached hydrogen (secondary N) is 1. The maximum atomic E-state index is 13.2. The Balaban J connectivity index is 1.93. The van der Waals surface area contributed by atoms with Gasteiger partial charge in [-0.25, -0.2) is 4.90 Å². The first-order chi connectivity index (χ1) is 13.6. The first-order valence-corrected chi connectivity index (χ1v) is 10.0. The van der Waals surface area contributed by atoms with Gasteiger partial charge in [-0.2, -0.15) is 0 Å². The molecule has 0 bridgehead atoms. The predicted molar refractivity (Wildman–Crippen MR) is 113 cm³/mol. The van der Waals surface area contributed by atoms with E-state index in [4.69, 9.17) is 11.6 Å². The Morgan fingerprint density at radius 1 is 1.07 bits per heavy atom. The van der Waals surface area contributed by atoms with Crippen LogP contribution in [0.4, 0.5) is 5.69 Å². The summed E-state index contributed by atoms with van der Waals surface area (Å²) >= 11 is 6.27. The van der Waals surface area contributed by atoms with E-state index in [-0.39, 0.29) is 11.8 Å². The number of para-hydroxylation sites is 1. The molecule has 0 aliphatic carbocycles. The molecule has 28 heavy (non-hydrogen) atoms. The van der Waals surface area contributed by atoms with E-state index in [1.807, 2.05) is 12.1 Å². The molecular weight excluding hydrogens is 374 g/mol. The van der Waals surface area contributed by atoms with Crippen LogP contribution >= 0.6 is 11.6 Å². The van der Waals surface area contributed by atoms with E-state index in [2.05, 4.69) is 18.8 Å². The molecule has 2 amide bonds. The average molecular weight is 399 g/mol. The van der Waals surface area contributed by atoms with Gasteiger partial charge in [-0.05, 0) is 37.6 Å². The van der Waals surface area contributed by atoms with Crippen molar-refractivity contribution in [2.24, 2.45) is 4.99 Å². The van der Waals surface area contributed by atoms with Crippen molar-refractivity contribution in [1.82, 2.24) is 0 Å². The minimum atomic E-state index is -0.600. The number of nitrogens with zero attached hydrogens (tertiary/aromatic N) is 2. The van der Waals surface area contributed by atoms with Gasteiger partial charge >= 0.3 is 0 Å². The summed E-state index contributed by atoms with van der Waals surface area (Å²) in [4.78, 5) is 33.4. The largest absolute Gasteiger partial charge is 0.334 e. The Hall–Kier alpha value is -2.50. The lowest BCUT2D eigenvalue weighted by atomic mass is 9.89. The first kappa shape index (κ1) is 20.2. The van der Waals surface area contributed by atoms with Crippen molar-refractivity contribution < 1.29 is 14.5 Å². The summed E-state index contributed by atoms with van der Waals surface area (Å²) in [5.74, 6) is -1.28. The van der Waals surface area contributed by atoms with E-state index in [0.29, 0.717) is 28.4 Å². The summed E-state index contributed by atoms with van der Waals surface area (Å²) in [5.41, 5.74) is 1.60. The van der Waals surface area contributed by atoms with Crippen molar-refractivity contribution in [3.05, 3.63) is 64.7 Å². The third kappa shape index (κ3) is 4.01. The average Bonchev–Trinajstić information content (AvgIpc) is 2.71. The van der Waals surface area contributed by atoms with Gasteiger partial charge in [-0.15, -0.1) is 0 Å². The summed E-state index contributed by atoms with van der Waals surface area (Å²) in [6, 6.07) is 14.1. The van der Waals surface area contributed by atoms with Crippen molar-refractivity contribution in [3.63, 3.8) is 0 Å². The van der Waals surface area contributed by atoms with E-state index < -0.39 is 5.92 Å².